The molecule has 1 aromatic carbocycles. The molecule has 1 N–H and O–H groups in total. The Bertz CT molecular complexity index is 487. The van der Waals surface area contributed by atoms with E-state index in [2.05, 4.69) is 26.1 Å². The second-order valence-corrected chi connectivity index (χ2v) is 6.12. The lowest BCUT2D eigenvalue weighted by molar-refractivity contribution is -0.132. The van der Waals surface area contributed by atoms with E-state index in [1.807, 2.05) is 29.2 Å². The maximum atomic E-state index is 12.8. The van der Waals surface area contributed by atoms with Crippen LogP contribution in [0.4, 0.5) is 0 Å². The average molecular weight is 309 g/mol. The van der Waals surface area contributed by atoms with Gasteiger partial charge in [0.05, 0.1) is 6.04 Å². The van der Waals surface area contributed by atoms with Crippen molar-refractivity contribution < 1.29 is 4.79 Å². The highest BCUT2D eigenvalue weighted by atomic mass is 35.5. The third-order valence-electron chi connectivity index (χ3n) is 4.27. The number of carbonyl (C=O) groups excluding carboxylic acids is 1. The summed E-state index contributed by atoms with van der Waals surface area (Å²) in [6.07, 6.45) is 3.77. The van der Waals surface area contributed by atoms with Gasteiger partial charge >= 0.3 is 0 Å². The van der Waals surface area contributed by atoms with E-state index >= 15 is 0 Å². The molecule has 1 aliphatic heterocycles. The zero-order valence-electron chi connectivity index (χ0n) is 13.1. The van der Waals surface area contributed by atoms with Gasteiger partial charge in [0.25, 0.3) is 0 Å². The number of halogens is 1. The molecule has 0 radical (unpaired) electrons. The Hall–Kier alpha value is -1.06. The van der Waals surface area contributed by atoms with Crippen molar-refractivity contribution in [3.63, 3.8) is 0 Å². The minimum absolute atomic E-state index is 0.0577. The average Bonchev–Trinajstić information content (AvgIpc) is 2.79. The SMILES string of the molecule is CCCC1NC(c2cccc(Cl)c2)N(C(CC)CC)C1=O. The van der Waals surface area contributed by atoms with E-state index in [0.717, 1.165) is 31.2 Å². The van der Waals surface area contributed by atoms with Crippen LogP contribution in [0.1, 0.15) is 58.2 Å². The molecule has 4 heteroatoms. The maximum Gasteiger partial charge on any atom is 0.241 e. The first kappa shape index (κ1) is 16.3. The highest BCUT2D eigenvalue weighted by molar-refractivity contribution is 6.30. The van der Waals surface area contributed by atoms with Crippen molar-refractivity contribution >= 4 is 17.5 Å². The Morgan fingerprint density at radius 2 is 2.00 bits per heavy atom. The predicted octanol–water partition coefficient (Wildman–Crippen LogP) is 4.13. The lowest BCUT2D eigenvalue weighted by atomic mass is 10.1. The third kappa shape index (κ3) is 3.41. The van der Waals surface area contributed by atoms with E-state index < -0.39 is 0 Å². The molecule has 3 nitrogen and oxygen atoms in total. The molecular formula is C17H25ClN2O. The lowest BCUT2D eigenvalue weighted by Crippen LogP contribution is -2.39. The first-order chi connectivity index (χ1) is 10.1. The second kappa shape index (κ2) is 7.28. The molecule has 0 aromatic heterocycles. The normalized spacial score (nSPS) is 22.3. The summed E-state index contributed by atoms with van der Waals surface area (Å²) in [5.74, 6) is 0.232. The highest BCUT2D eigenvalue weighted by Crippen LogP contribution is 2.32. The van der Waals surface area contributed by atoms with Gasteiger partial charge < -0.3 is 4.90 Å². The molecule has 0 saturated carbocycles. The van der Waals surface area contributed by atoms with Crippen molar-refractivity contribution in [1.29, 1.82) is 0 Å². The van der Waals surface area contributed by atoms with E-state index in [0.29, 0.717) is 5.02 Å². The first-order valence-electron chi connectivity index (χ1n) is 7.96. The molecule has 1 amide bonds. The van der Waals surface area contributed by atoms with Gasteiger partial charge in [0.1, 0.15) is 6.17 Å². The minimum atomic E-state index is -0.0698. The number of rotatable bonds is 6. The summed E-state index contributed by atoms with van der Waals surface area (Å²) < 4.78 is 0. The van der Waals surface area contributed by atoms with E-state index in [9.17, 15) is 4.79 Å². The van der Waals surface area contributed by atoms with Crippen LogP contribution in [0.2, 0.25) is 5.02 Å². The first-order valence-corrected chi connectivity index (χ1v) is 8.33. The molecule has 21 heavy (non-hydrogen) atoms. The van der Waals surface area contributed by atoms with Crippen LogP contribution in [0.3, 0.4) is 0 Å². The Balaban J connectivity index is 2.33. The van der Waals surface area contributed by atoms with Crippen molar-refractivity contribution in [2.24, 2.45) is 0 Å². The largest absolute Gasteiger partial charge is 0.319 e. The van der Waals surface area contributed by atoms with E-state index in [1.54, 1.807) is 0 Å². The number of hydrogen-bond donors (Lipinski definition) is 1. The molecule has 1 aromatic rings. The number of hydrogen-bond acceptors (Lipinski definition) is 2. The standard InChI is InChI=1S/C17H25ClN2O/c1-4-8-15-17(21)20(14(5-2)6-3)16(19-15)12-9-7-10-13(18)11-12/h7,9-11,14-16,19H,4-6,8H2,1-3H3. The monoisotopic (exact) mass is 308 g/mol. The maximum absolute atomic E-state index is 12.8. The smallest absolute Gasteiger partial charge is 0.241 e. The van der Waals surface area contributed by atoms with Crippen molar-refractivity contribution in [2.75, 3.05) is 0 Å². The predicted molar refractivity (Wildman–Crippen MR) is 87.2 cm³/mol. The molecule has 1 saturated heterocycles. The van der Waals surface area contributed by atoms with Gasteiger partial charge in [-0.1, -0.05) is 50.9 Å². The van der Waals surface area contributed by atoms with Crippen LogP contribution >= 0.6 is 11.6 Å². The van der Waals surface area contributed by atoms with Gasteiger partial charge in [-0.05, 0) is 37.0 Å². The quantitative estimate of drug-likeness (QED) is 0.857. The van der Waals surface area contributed by atoms with Crippen molar-refractivity contribution in [2.45, 2.75) is 64.7 Å². The van der Waals surface area contributed by atoms with Crippen LogP contribution < -0.4 is 5.32 Å². The van der Waals surface area contributed by atoms with Crippen LogP contribution in [0, 0.1) is 0 Å². The Labute approximate surface area is 132 Å². The summed E-state index contributed by atoms with van der Waals surface area (Å²) in [5, 5.41) is 4.22. The van der Waals surface area contributed by atoms with Crippen molar-refractivity contribution in [3.05, 3.63) is 34.9 Å². The molecular weight excluding hydrogens is 284 g/mol. The summed E-state index contributed by atoms with van der Waals surface area (Å²) in [6, 6.07) is 8.02. The molecule has 2 rings (SSSR count). The van der Waals surface area contributed by atoms with Crippen LogP contribution in [0.5, 0.6) is 0 Å². The number of amides is 1. The van der Waals surface area contributed by atoms with Gasteiger partial charge in [-0.15, -0.1) is 0 Å². The van der Waals surface area contributed by atoms with Crippen LogP contribution in [-0.2, 0) is 4.79 Å². The van der Waals surface area contributed by atoms with Gasteiger partial charge in [0, 0.05) is 11.1 Å². The van der Waals surface area contributed by atoms with E-state index in [4.69, 9.17) is 11.6 Å². The topological polar surface area (TPSA) is 32.3 Å². The molecule has 1 aliphatic rings. The number of benzene rings is 1. The van der Waals surface area contributed by atoms with Gasteiger partial charge in [-0.3, -0.25) is 10.1 Å². The molecule has 0 spiro atoms. The summed E-state index contributed by atoms with van der Waals surface area (Å²) in [6.45, 7) is 6.40. The summed E-state index contributed by atoms with van der Waals surface area (Å²) >= 11 is 6.12. The fourth-order valence-electron chi connectivity index (χ4n) is 3.15. The number of nitrogens with zero attached hydrogens (tertiary/aromatic N) is 1. The van der Waals surface area contributed by atoms with Crippen molar-refractivity contribution in [1.82, 2.24) is 10.2 Å². The molecule has 2 unspecified atom stereocenters. The highest BCUT2D eigenvalue weighted by Gasteiger charge is 2.41. The number of nitrogens with one attached hydrogen (secondary N) is 1. The molecule has 0 aliphatic carbocycles. The van der Waals surface area contributed by atoms with E-state index in [-0.39, 0.29) is 24.2 Å². The zero-order chi connectivity index (χ0) is 15.4. The Morgan fingerprint density at radius 3 is 2.57 bits per heavy atom. The third-order valence-corrected chi connectivity index (χ3v) is 4.50. The van der Waals surface area contributed by atoms with Gasteiger partial charge in [-0.2, -0.15) is 0 Å². The fraction of sp³-hybridized carbons (Fsp3) is 0.588. The van der Waals surface area contributed by atoms with Gasteiger partial charge in [0.15, 0.2) is 0 Å². The summed E-state index contributed by atoms with van der Waals surface area (Å²) in [7, 11) is 0. The van der Waals surface area contributed by atoms with Crippen LogP contribution in [0.15, 0.2) is 24.3 Å². The zero-order valence-corrected chi connectivity index (χ0v) is 13.9. The summed E-state index contributed by atoms with van der Waals surface area (Å²) in [5.41, 5.74) is 1.07. The molecule has 2 atom stereocenters. The van der Waals surface area contributed by atoms with Gasteiger partial charge in [-0.25, -0.2) is 0 Å². The second-order valence-electron chi connectivity index (χ2n) is 5.68. The molecule has 1 fully saturated rings. The molecule has 1 heterocycles. The summed E-state index contributed by atoms with van der Waals surface area (Å²) in [4.78, 5) is 14.8. The minimum Gasteiger partial charge on any atom is -0.319 e. The van der Waals surface area contributed by atoms with Gasteiger partial charge in [0.2, 0.25) is 5.91 Å². The van der Waals surface area contributed by atoms with Crippen LogP contribution in [0.25, 0.3) is 0 Å². The Kier molecular flexibility index (Phi) is 5.65. The van der Waals surface area contributed by atoms with E-state index in [1.165, 1.54) is 0 Å². The van der Waals surface area contributed by atoms with Crippen molar-refractivity contribution in [3.8, 4) is 0 Å². The number of carbonyl (C=O) groups is 1. The molecule has 116 valence electrons. The molecule has 0 bridgehead atoms. The fourth-order valence-corrected chi connectivity index (χ4v) is 3.35. The van der Waals surface area contributed by atoms with Crippen LogP contribution in [-0.4, -0.2) is 22.9 Å². The Morgan fingerprint density at radius 1 is 1.29 bits per heavy atom. The lowest BCUT2D eigenvalue weighted by Gasteiger charge is -2.32.